The fourth-order valence-electron chi connectivity index (χ4n) is 2.86. The first kappa shape index (κ1) is 22.1. The maximum Gasteiger partial charge on any atom is 0.268 e. The number of methoxy groups -OCH3 is 3. The Labute approximate surface area is 172 Å². The molecule has 0 atom stereocenters. The molecule has 0 unspecified atom stereocenters. The molecule has 0 saturated heterocycles. The van der Waals surface area contributed by atoms with Gasteiger partial charge in [0.15, 0.2) is 11.5 Å². The Balaban J connectivity index is 2.15. The van der Waals surface area contributed by atoms with Crippen LogP contribution in [0.2, 0.25) is 0 Å². The van der Waals surface area contributed by atoms with E-state index in [2.05, 4.69) is 18.8 Å². The summed E-state index contributed by atoms with van der Waals surface area (Å²) in [5.74, 6) is 6.62. The minimum atomic E-state index is -0.385. The summed E-state index contributed by atoms with van der Waals surface area (Å²) in [4.78, 5) is 26.4. The number of carbonyl (C=O) groups excluding carboxylic acids is 2. The van der Waals surface area contributed by atoms with Crippen LogP contribution in [0.25, 0.3) is 6.08 Å². The quantitative estimate of drug-likeness (QED) is 0.400. The number of imide groups is 1. The van der Waals surface area contributed by atoms with E-state index in [1.807, 2.05) is 0 Å². The van der Waals surface area contributed by atoms with E-state index in [0.29, 0.717) is 41.4 Å². The van der Waals surface area contributed by atoms with Crippen LogP contribution in [0.5, 0.6) is 17.2 Å². The third-order valence-electron chi connectivity index (χ3n) is 4.43. The molecule has 0 saturated carbocycles. The van der Waals surface area contributed by atoms with Crippen molar-refractivity contribution in [2.45, 2.75) is 32.6 Å². The third kappa shape index (κ3) is 5.64. The summed E-state index contributed by atoms with van der Waals surface area (Å²) in [5, 5.41) is 0. The molecule has 1 aliphatic heterocycles. The van der Waals surface area contributed by atoms with Gasteiger partial charge in [0.25, 0.3) is 11.8 Å². The zero-order chi connectivity index (χ0) is 21.2. The van der Waals surface area contributed by atoms with Gasteiger partial charge in [-0.15, -0.1) is 0 Å². The summed E-state index contributed by atoms with van der Waals surface area (Å²) >= 11 is 0. The Morgan fingerprint density at radius 2 is 1.86 bits per heavy atom. The summed E-state index contributed by atoms with van der Waals surface area (Å²) in [6.45, 7) is 2.44. The van der Waals surface area contributed by atoms with Crippen molar-refractivity contribution < 1.29 is 23.8 Å². The molecule has 154 valence electrons. The molecule has 1 aliphatic rings. The van der Waals surface area contributed by atoms with E-state index >= 15 is 0 Å². The van der Waals surface area contributed by atoms with Crippen LogP contribution in [-0.2, 0) is 9.59 Å². The van der Waals surface area contributed by atoms with Crippen LogP contribution in [0.15, 0.2) is 29.9 Å². The number of hydrogen-bond donors (Lipinski definition) is 0. The highest BCUT2D eigenvalue weighted by molar-refractivity contribution is 6.11. The molecule has 0 radical (unpaired) electrons. The second-order valence-corrected chi connectivity index (χ2v) is 6.40. The van der Waals surface area contributed by atoms with Gasteiger partial charge in [-0.1, -0.05) is 31.3 Å². The molecule has 0 spiro atoms. The highest BCUT2D eigenvalue weighted by Crippen LogP contribution is 2.38. The lowest BCUT2D eigenvalue weighted by molar-refractivity contribution is -0.139. The molecule has 1 aromatic rings. The molecule has 0 aliphatic carbocycles. The second kappa shape index (κ2) is 11.0. The van der Waals surface area contributed by atoms with Gasteiger partial charge in [0.05, 0.1) is 26.9 Å². The van der Waals surface area contributed by atoms with Gasteiger partial charge in [-0.25, -0.2) is 0 Å². The molecule has 1 heterocycles. The summed E-state index contributed by atoms with van der Waals surface area (Å²) < 4.78 is 15.9. The molecule has 6 nitrogen and oxygen atoms in total. The van der Waals surface area contributed by atoms with E-state index in [9.17, 15) is 9.59 Å². The molecule has 29 heavy (non-hydrogen) atoms. The maximum atomic E-state index is 12.6. The number of unbranched alkanes of at least 4 members (excludes halogenated alkanes) is 2. The first-order valence-corrected chi connectivity index (χ1v) is 9.58. The number of amides is 2. The largest absolute Gasteiger partial charge is 0.493 e. The molecular formula is C23H27NO5. The number of carbonyl (C=O) groups is 2. The minimum absolute atomic E-state index is 0.345. The Kier molecular flexibility index (Phi) is 8.35. The van der Waals surface area contributed by atoms with Crippen molar-refractivity contribution in [1.82, 2.24) is 4.90 Å². The van der Waals surface area contributed by atoms with Crippen molar-refractivity contribution >= 4 is 17.9 Å². The molecule has 1 aromatic carbocycles. The van der Waals surface area contributed by atoms with Crippen molar-refractivity contribution in [2.75, 3.05) is 27.9 Å². The topological polar surface area (TPSA) is 65.1 Å². The summed E-state index contributed by atoms with van der Waals surface area (Å²) in [6, 6.07) is 3.46. The van der Waals surface area contributed by atoms with Crippen LogP contribution in [-0.4, -0.2) is 44.6 Å². The van der Waals surface area contributed by atoms with Crippen molar-refractivity contribution in [3.63, 3.8) is 0 Å². The molecular weight excluding hydrogens is 370 g/mol. The first-order chi connectivity index (χ1) is 14.0. The Hall–Kier alpha value is -3.20. The van der Waals surface area contributed by atoms with Crippen molar-refractivity contribution in [1.29, 1.82) is 0 Å². The van der Waals surface area contributed by atoms with Crippen molar-refractivity contribution in [3.05, 3.63) is 35.4 Å². The predicted octanol–water partition coefficient (Wildman–Crippen LogP) is 3.60. The van der Waals surface area contributed by atoms with Gasteiger partial charge in [-0.2, -0.15) is 0 Å². The molecule has 6 heteroatoms. The lowest BCUT2D eigenvalue weighted by Gasteiger charge is -2.22. The number of benzene rings is 1. The number of rotatable bonds is 7. The summed E-state index contributed by atoms with van der Waals surface area (Å²) in [5.41, 5.74) is 1.08. The van der Waals surface area contributed by atoms with Gasteiger partial charge in [0, 0.05) is 19.0 Å². The number of ether oxygens (including phenoxy) is 3. The summed E-state index contributed by atoms with van der Waals surface area (Å²) in [6.07, 6.45) is 8.18. The van der Waals surface area contributed by atoms with Gasteiger partial charge in [0.1, 0.15) is 0 Å². The lowest BCUT2D eigenvalue weighted by Crippen LogP contribution is -2.39. The van der Waals surface area contributed by atoms with E-state index in [-0.39, 0.29) is 11.8 Å². The van der Waals surface area contributed by atoms with Crippen LogP contribution in [0.4, 0.5) is 0 Å². The van der Waals surface area contributed by atoms with Gasteiger partial charge in [-0.05, 0) is 36.6 Å². The van der Waals surface area contributed by atoms with Crippen molar-refractivity contribution in [3.8, 4) is 29.1 Å². The Bertz CT molecular complexity index is 848. The highest BCUT2D eigenvalue weighted by atomic mass is 16.5. The average molecular weight is 397 g/mol. The molecule has 0 fully saturated rings. The predicted molar refractivity (Wildman–Crippen MR) is 112 cm³/mol. The van der Waals surface area contributed by atoms with E-state index in [4.69, 9.17) is 14.2 Å². The van der Waals surface area contributed by atoms with Gasteiger partial charge >= 0.3 is 0 Å². The zero-order valence-electron chi connectivity index (χ0n) is 17.4. The van der Waals surface area contributed by atoms with Crippen LogP contribution in [0.3, 0.4) is 0 Å². The fraction of sp³-hybridized carbons (Fsp3) is 0.391. The monoisotopic (exact) mass is 397 g/mol. The third-order valence-corrected chi connectivity index (χ3v) is 4.43. The average Bonchev–Trinajstić information content (AvgIpc) is 2.75. The number of nitrogens with zero attached hydrogens (tertiary/aromatic N) is 1. The van der Waals surface area contributed by atoms with E-state index in [1.54, 1.807) is 24.3 Å². The van der Waals surface area contributed by atoms with Gasteiger partial charge in [0.2, 0.25) is 5.75 Å². The van der Waals surface area contributed by atoms with Crippen LogP contribution in [0.1, 0.15) is 38.2 Å². The van der Waals surface area contributed by atoms with Gasteiger partial charge < -0.3 is 14.2 Å². The maximum absolute atomic E-state index is 12.6. The molecule has 2 amide bonds. The lowest BCUT2D eigenvalue weighted by atomic mass is 10.1. The minimum Gasteiger partial charge on any atom is -0.493 e. The molecule has 0 N–H and O–H groups in total. The molecule has 0 aromatic heterocycles. The normalized spacial score (nSPS) is 13.6. The zero-order valence-corrected chi connectivity index (χ0v) is 17.4. The smallest absolute Gasteiger partial charge is 0.268 e. The van der Waals surface area contributed by atoms with Crippen LogP contribution < -0.4 is 14.2 Å². The Morgan fingerprint density at radius 1 is 1.17 bits per heavy atom. The Morgan fingerprint density at radius 3 is 2.45 bits per heavy atom. The second-order valence-electron chi connectivity index (χ2n) is 6.40. The van der Waals surface area contributed by atoms with Gasteiger partial charge in [-0.3, -0.25) is 14.5 Å². The van der Waals surface area contributed by atoms with E-state index in [0.717, 1.165) is 19.3 Å². The van der Waals surface area contributed by atoms with Crippen LogP contribution >= 0.6 is 0 Å². The SMILES string of the molecule is CCCCC#CC1=CCCN(C(=O)/C=C/c2cc(OC)c(OC)c(OC)c2)C1=O. The first-order valence-electron chi connectivity index (χ1n) is 9.58. The standard InChI is InChI=1S/C23H27NO5/c1-5-6-7-8-10-18-11-9-14-24(23(18)26)21(25)13-12-17-15-19(27-2)22(29-4)20(16-17)28-3/h11-13,15-16H,5-7,9,14H2,1-4H3/b13-12+. The highest BCUT2D eigenvalue weighted by Gasteiger charge is 2.25. The van der Waals surface area contributed by atoms with E-state index in [1.165, 1.54) is 32.3 Å². The fourth-order valence-corrected chi connectivity index (χ4v) is 2.86. The molecule has 0 bridgehead atoms. The van der Waals surface area contributed by atoms with Crippen LogP contribution in [0, 0.1) is 11.8 Å². The molecule has 2 rings (SSSR count). The van der Waals surface area contributed by atoms with Crippen molar-refractivity contribution in [2.24, 2.45) is 0 Å². The number of hydrogen-bond acceptors (Lipinski definition) is 5. The van der Waals surface area contributed by atoms with E-state index < -0.39 is 0 Å². The summed E-state index contributed by atoms with van der Waals surface area (Å²) in [7, 11) is 4.58.